The van der Waals surface area contributed by atoms with Crippen molar-refractivity contribution < 1.29 is 17.9 Å². The first-order valence-electron chi connectivity index (χ1n) is 9.58. The number of thioether (sulfide) groups is 2. The van der Waals surface area contributed by atoms with Crippen LogP contribution in [0, 0.1) is 6.92 Å². The maximum absolute atomic E-state index is 12.6. The number of pyridine rings is 1. The van der Waals surface area contributed by atoms with Gasteiger partial charge in [0.15, 0.2) is 0 Å². The number of carbonyl (C=O) groups is 1. The molecule has 2 heterocycles. The van der Waals surface area contributed by atoms with Crippen molar-refractivity contribution in [3.8, 4) is 0 Å². The number of hydrogen-bond donors (Lipinski definition) is 1. The Bertz CT molecular complexity index is 929. The Morgan fingerprint density at radius 2 is 1.87 bits per heavy atom. The van der Waals surface area contributed by atoms with Crippen LogP contribution in [-0.4, -0.2) is 68.0 Å². The first-order valence-corrected chi connectivity index (χ1v) is 13.0. The lowest BCUT2D eigenvalue weighted by Gasteiger charge is -2.25. The second kappa shape index (κ2) is 11.1. The molecule has 7 nitrogen and oxygen atoms in total. The van der Waals surface area contributed by atoms with Gasteiger partial charge in [-0.3, -0.25) is 4.79 Å². The standard InChI is InChI=1S/C20H25N3O4S3/c1-16-2-4-17(5-3-16)28-13-8-21-19(24)15-29-20-7-6-18(14-22-20)30(25,26)23-9-11-27-12-10-23/h2-7,14H,8-13,15H2,1H3,(H,21,24). The van der Waals surface area contributed by atoms with Crippen molar-refractivity contribution >= 4 is 39.5 Å². The molecule has 1 aromatic heterocycles. The zero-order valence-electron chi connectivity index (χ0n) is 16.7. The molecule has 0 atom stereocenters. The van der Waals surface area contributed by atoms with Crippen molar-refractivity contribution in [3.63, 3.8) is 0 Å². The molecule has 0 unspecified atom stereocenters. The molecular formula is C20H25N3O4S3. The van der Waals surface area contributed by atoms with Crippen molar-refractivity contribution in [1.29, 1.82) is 0 Å². The number of benzene rings is 1. The highest BCUT2D eigenvalue weighted by Gasteiger charge is 2.26. The summed E-state index contributed by atoms with van der Waals surface area (Å²) in [7, 11) is -3.55. The lowest BCUT2D eigenvalue weighted by atomic mass is 10.2. The summed E-state index contributed by atoms with van der Waals surface area (Å²) >= 11 is 2.98. The molecular weight excluding hydrogens is 442 g/mol. The van der Waals surface area contributed by atoms with Crippen LogP contribution in [0.15, 0.2) is 57.4 Å². The molecule has 0 aliphatic carbocycles. The molecule has 1 amide bonds. The first kappa shape index (κ1) is 23.1. The van der Waals surface area contributed by atoms with Crippen molar-refractivity contribution in [2.45, 2.75) is 21.7 Å². The van der Waals surface area contributed by atoms with Gasteiger partial charge in [-0.2, -0.15) is 4.31 Å². The largest absolute Gasteiger partial charge is 0.379 e. The number of morpholine rings is 1. The first-order chi connectivity index (χ1) is 14.4. The Balaban J connectivity index is 1.40. The summed E-state index contributed by atoms with van der Waals surface area (Å²) in [5.74, 6) is 0.958. The average molecular weight is 468 g/mol. The average Bonchev–Trinajstić information content (AvgIpc) is 2.77. The van der Waals surface area contributed by atoms with Gasteiger partial charge in [-0.1, -0.05) is 29.5 Å². The minimum absolute atomic E-state index is 0.0729. The van der Waals surface area contributed by atoms with Gasteiger partial charge in [0, 0.05) is 36.5 Å². The van der Waals surface area contributed by atoms with Crippen LogP contribution in [0.4, 0.5) is 0 Å². The Morgan fingerprint density at radius 1 is 1.13 bits per heavy atom. The van der Waals surface area contributed by atoms with Gasteiger partial charge in [-0.15, -0.1) is 11.8 Å². The lowest BCUT2D eigenvalue weighted by Crippen LogP contribution is -2.40. The fourth-order valence-corrected chi connectivity index (χ4v) is 5.52. The van der Waals surface area contributed by atoms with E-state index in [0.717, 1.165) is 5.75 Å². The third-order valence-electron chi connectivity index (χ3n) is 4.38. The van der Waals surface area contributed by atoms with Crippen LogP contribution in [0.1, 0.15) is 5.56 Å². The predicted molar refractivity (Wildman–Crippen MR) is 119 cm³/mol. The van der Waals surface area contributed by atoms with E-state index in [9.17, 15) is 13.2 Å². The van der Waals surface area contributed by atoms with Gasteiger partial charge in [-0.25, -0.2) is 13.4 Å². The van der Waals surface area contributed by atoms with E-state index in [-0.39, 0.29) is 16.6 Å². The summed E-state index contributed by atoms with van der Waals surface area (Å²) in [6.45, 7) is 4.14. The molecule has 1 N–H and O–H groups in total. The zero-order chi connectivity index (χ0) is 21.4. The molecule has 0 spiro atoms. The number of carbonyl (C=O) groups excluding carboxylic acids is 1. The Morgan fingerprint density at radius 3 is 2.53 bits per heavy atom. The molecule has 162 valence electrons. The number of aromatic nitrogens is 1. The van der Waals surface area contributed by atoms with Crippen molar-refractivity contribution in [1.82, 2.24) is 14.6 Å². The quantitative estimate of drug-likeness (QED) is 0.447. The van der Waals surface area contributed by atoms with Crippen LogP contribution in [-0.2, 0) is 19.6 Å². The number of nitrogens with one attached hydrogen (secondary N) is 1. The summed E-state index contributed by atoms with van der Waals surface area (Å²) in [6, 6.07) is 11.5. The molecule has 2 aromatic rings. The molecule has 0 radical (unpaired) electrons. The van der Waals surface area contributed by atoms with Crippen LogP contribution in [0.25, 0.3) is 0 Å². The predicted octanol–water partition coefficient (Wildman–Crippen LogP) is 2.41. The van der Waals surface area contributed by atoms with Gasteiger partial charge < -0.3 is 10.1 Å². The van der Waals surface area contributed by atoms with E-state index in [2.05, 4.69) is 41.5 Å². The van der Waals surface area contributed by atoms with Gasteiger partial charge in [-0.05, 0) is 31.2 Å². The van der Waals surface area contributed by atoms with Crippen LogP contribution in [0.2, 0.25) is 0 Å². The van der Waals surface area contributed by atoms with E-state index < -0.39 is 10.0 Å². The van der Waals surface area contributed by atoms with Gasteiger partial charge in [0.2, 0.25) is 15.9 Å². The van der Waals surface area contributed by atoms with Crippen molar-refractivity contribution in [3.05, 3.63) is 48.2 Å². The number of aryl methyl sites for hydroxylation is 1. The van der Waals surface area contributed by atoms with Crippen molar-refractivity contribution in [2.24, 2.45) is 0 Å². The van der Waals surface area contributed by atoms with Gasteiger partial charge >= 0.3 is 0 Å². The van der Waals surface area contributed by atoms with E-state index in [1.807, 2.05) is 0 Å². The minimum atomic E-state index is -3.55. The van der Waals surface area contributed by atoms with E-state index in [1.54, 1.807) is 17.8 Å². The van der Waals surface area contributed by atoms with Gasteiger partial charge in [0.25, 0.3) is 0 Å². The maximum Gasteiger partial charge on any atom is 0.244 e. The van der Waals surface area contributed by atoms with E-state index in [4.69, 9.17) is 4.74 Å². The SMILES string of the molecule is Cc1ccc(SCCNC(=O)CSc2ccc(S(=O)(=O)N3CCOCC3)cn2)cc1. The highest BCUT2D eigenvalue weighted by molar-refractivity contribution is 8.00. The summed E-state index contributed by atoms with van der Waals surface area (Å²) in [4.78, 5) is 17.6. The molecule has 3 rings (SSSR count). The lowest BCUT2D eigenvalue weighted by molar-refractivity contribution is -0.118. The topological polar surface area (TPSA) is 88.6 Å². The highest BCUT2D eigenvalue weighted by Crippen LogP contribution is 2.20. The smallest absolute Gasteiger partial charge is 0.244 e. The van der Waals surface area contributed by atoms with Crippen LogP contribution in [0.3, 0.4) is 0 Å². The molecule has 10 heteroatoms. The number of rotatable bonds is 9. The summed E-state index contributed by atoms with van der Waals surface area (Å²) in [5, 5.41) is 3.50. The fourth-order valence-electron chi connectivity index (χ4n) is 2.73. The Hall–Kier alpha value is -1.59. The third kappa shape index (κ3) is 6.71. The zero-order valence-corrected chi connectivity index (χ0v) is 19.2. The molecule has 1 aliphatic heterocycles. The highest BCUT2D eigenvalue weighted by atomic mass is 32.2. The van der Waals surface area contributed by atoms with Crippen LogP contribution < -0.4 is 5.32 Å². The second-order valence-corrected chi connectivity index (χ2v) is 10.8. The second-order valence-electron chi connectivity index (χ2n) is 6.65. The summed E-state index contributed by atoms with van der Waals surface area (Å²) in [5.41, 5.74) is 1.23. The van der Waals surface area contributed by atoms with Crippen LogP contribution in [0.5, 0.6) is 0 Å². The molecule has 30 heavy (non-hydrogen) atoms. The molecule has 1 aromatic carbocycles. The maximum atomic E-state index is 12.6. The third-order valence-corrected chi connectivity index (χ3v) is 8.22. The molecule has 1 aliphatic rings. The molecule has 1 saturated heterocycles. The minimum Gasteiger partial charge on any atom is -0.379 e. The summed E-state index contributed by atoms with van der Waals surface area (Å²) < 4.78 is 31.8. The molecule has 1 fully saturated rings. The van der Waals surface area contributed by atoms with E-state index in [0.29, 0.717) is 37.9 Å². The number of nitrogens with zero attached hydrogens (tertiary/aromatic N) is 2. The molecule has 0 bridgehead atoms. The number of sulfonamides is 1. The van der Waals surface area contributed by atoms with E-state index >= 15 is 0 Å². The van der Waals surface area contributed by atoms with E-state index in [1.165, 1.54) is 38.8 Å². The van der Waals surface area contributed by atoms with Gasteiger partial charge in [0.1, 0.15) is 4.90 Å². The monoisotopic (exact) mass is 467 g/mol. The molecule has 0 saturated carbocycles. The number of hydrogen-bond acceptors (Lipinski definition) is 7. The summed E-state index contributed by atoms with van der Waals surface area (Å²) in [6.07, 6.45) is 1.35. The number of ether oxygens (including phenoxy) is 1. The normalized spacial score (nSPS) is 15.1. The Kier molecular flexibility index (Phi) is 8.58. The Labute approximate surface area is 186 Å². The van der Waals surface area contributed by atoms with Gasteiger partial charge in [0.05, 0.1) is 24.0 Å². The number of amides is 1. The van der Waals surface area contributed by atoms with Crippen molar-refractivity contribution in [2.75, 3.05) is 44.4 Å². The fraction of sp³-hybridized carbons (Fsp3) is 0.400. The van der Waals surface area contributed by atoms with Crippen LogP contribution >= 0.6 is 23.5 Å².